The van der Waals surface area contributed by atoms with Crippen molar-refractivity contribution in [1.29, 1.82) is 0 Å². The first-order chi connectivity index (χ1) is 9.83. The van der Waals surface area contributed by atoms with E-state index in [0.717, 1.165) is 24.7 Å². The van der Waals surface area contributed by atoms with Gasteiger partial charge in [-0.05, 0) is 43.4 Å². The third-order valence-electron chi connectivity index (χ3n) is 4.31. The zero-order valence-corrected chi connectivity index (χ0v) is 11.8. The molecule has 0 unspecified atom stereocenters. The molecule has 0 bridgehead atoms. The van der Waals surface area contributed by atoms with Gasteiger partial charge in [-0.25, -0.2) is 0 Å². The van der Waals surface area contributed by atoms with E-state index in [-0.39, 0.29) is 5.91 Å². The van der Waals surface area contributed by atoms with Crippen molar-refractivity contribution in [2.45, 2.75) is 31.6 Å². The largest absolute Gasteiger partial charge is 0.326 e. The number of fused-ring (bicyclic) bond motifs is 1. The van der Waals surface area contributed by atoms with Crippen molar-refractivity contribution in [2.75, 3.05) is 18.4 Å². The lowest BCUT2D eigenvalue weighted by Gasteiger charge is -2.27. The van der Waals surface area contributed by atoms with Gasteiger partial charge in [-0.1, -0.05) is 30.4 Å². The number of rotatable bonds is 4. The molecule has 1 aromatic carbocycles. The number of hydrogen-bond donors (Lipinski definition) is 2. The number of carbonyl (C=O) groups is 1. The highest BCUT2D eigenvalue weighted by molar-refractivity contribution is 5.94. The second-order valence-electron chi connectivity index (χ2n) is 5.85. The molecule has 3 rings (SSSR count). The molecule has 3 heteroatoms. The topological polar surface area (TPSA) is 41.1 Å². The first kappa shape index (κ1) is 13.4. The van der Waals surface area contributed by atoms with Crippen LogP contribution < -0.4 is 10.6 Å². The summed E-state index contributed by atoms with van der Waals surface area (Å²) in [5.41, 5.74) is 2.25. The Morgan fingerprint density at radius 3 is 2.95 bits per heavy atom. The van der Waals surface area contributed by atoms with Gasteiger partial charge in [0.05, 0.1) is 0 Å². The molecule has 1 amide bonds. The molecule has 1 heterocycles. The third kappa shape index (κ3) is 3.10. The molecule has 0 saturated heterocycles. The van der Waals surface area contributed by atoms with Crippen LogP contribution in [0.15, 0.2) is 36.4 Å². The molecule has 0 saturated carbocycles. The fourth-order valence-electron chi connectivity index (χ4n) is 3.19. The van der Waals surface area contributed by atoms with Gasteiger partial charge in [0.1, 0.15) is 0 Å². The Morgan fingerprint density at radius 2 is 2.10 bits per heavy atom. The summed E-state index contributed by atoms with van der Waals surface area (Å²) in [6.07, 6.45) is 8.84. The SMILES string of the molecule is O=C1C[C@H](CNC[C@@H]2CC=CCC2)c2ccccc2N1. The van der Waals surface area contributed by atoms with Gasteiger partial charge in [0, 0.05) is 24.6 Å². The van der Waals surface area contributed by atoms with E-state index in [0.29, 0.717) is 12.3 Å². The van der Waals surface area contributed by atoms with Crippen LogP contribution in [0.1, 0.15) is 37.2 Å². The van der Waals surface area contributed by atoms with Crippen LogP contribution in [0.5, 0.6) is 0 Å². The number of allylic oxidation sites excluding steroid dienone is 2. The second-order valence-corrected chi connectivity index (χ2v) is 5.85. The molecule has 3 nitrogen and oxygen atoms in total. The fourth-order valence-corrected chi connectivity index (χ4v) is 3.19. The van der Waals surface area contributed by atoms with Crippen molar-refractivity contribution >= 4 is 11.6 Å². The number of para-hydroxylation sites is 1. The van der Waals surface area contributed by atoms with E-state index in [1.54, 1.807) is 0 Å². The van der Waals surface area contributed by atoms with E-state index >= 15 is 0 Å². The van der Waals surface area contributed by atoms with E-state index in [1.807, 2.05) is 12.1 Å². The minimum Gasteiger partial charge on any atom is -0.326 e. The molecular weight excluding hydrogens is 248 g/mol. The Morgan fingerprint density at radius 1 is 1.20 bits per heavy atom. The van der Waals surface area contributed by atoms with Gasteiger partial charge in [-0.3, -0.25) is 4.79 Å². The fraction of sp³-hybridized carbons (Fsp3) is 0.471. The van der Waals surface area contributed by atoms with Crippen LogP contribution >= 0.6 is 0 Å². The Kier molecular flexibility index (Phi) is 4.16. The van der Waals surface area contributed by atoms with E-state index in [1.165, 1.54) is 24.8 Å². The van der Waals surface area contributed by atoms with Crippen molar-refractivity contribution in [2.24, 2.45) is 5.92 Å². The number of nitrogens with one attached hydrogen (secondary N) is 2. The lowest BCUT2D eigenvalue weighted by Crippen LogP contribution is -2.32. The Hall–Kier alpha value is -1.61. The number of carbonyl (C=O) groups excluding carboxylic acids is 1. The molecule has 2 aliphatic rings. The van der Waals surface area contributed by atoms with Crippen LogP contribution in [0, 0.1) is 5.92 Å². The monoisotopic (exact) mass is 270 g/mol. The highest BCUT2D eigenvalue weighted by Gasteiger charge is 2.24. The molecule has 2 N–H and O–H groups in total. The minimum atomic E-state index is 0.135. The van der Waals surface area contributed by atoms with Crippen molar-refractivity contribution in [3.63, 3.8) is 0 Å². The molecule has 20 heavy (non-hydrogen) atoms. The van der Waals surface area contributed by atoms with Crippen molar-refractivity contribution in [1.82, 2.24) is 5.32 Å². The average molecular weight is 270 g/mol. The molecule has 0 radical (unpaired) electrons. The molecule has 0 fully saturated rings. The number of amides is 1. The molecule has 106 valence electrons. The lowest BCUT2D eigenvalue weighted by atomic mass is 9.90. The first-order valence-electron chi connectivity index (χ1n) is 7.57. The maximum Gasteiger partial charge on any atom is 0.225 e. The summed E-state index contributed by atoms with van der Waals surface area (Å²) in [5.74, 6) is 1.20. The highest BCUT2D eigenvalue weighted by Crippen LogP contribution is 2.31. The van der Waals surface area contributed by atoms with Crippen LogP contribution in [0.25, 0.3) is 0 Å². The summed E-state index contributed by atoms with van der Waals surface area (Å²) < 4.78 is 0. The van der Waals surface area contributed by atoms with Crippen LogP contribution in [0.3, 0.4) is 0 Å². The zero-order chi connectivity index (χ0) is 13.8. The predicted molar refractivity (Wildman–Crippen MR) is 81.8 cm³/mol. The molecule has 0 spiro atoms. The van der Waals surface area contributed by atoms with Crippen LogP contribution in [0.4, 0.5) is 5.69 Å². The molecule has 2 atom stereocenters. The minimum absolute atomic E-state index is 0.135. The van der Waals surface area contributed by atoms with Crippen LogP contribution in [-0.2, 0) is 4.79 Å². The molecule has 0 aromatic heterocycles. The Labute approximate surface area is 120 Å². The first-order valence-corrected chi connectivity index (χ1v) is 7.57. The molecule has 1 aliphatic carbocycles. The second kappa shape index (κ2) is 6.23. The summed E-state index contributed by atoms with van der Waals surface area (Å²) >= 11 is 0. The standard InChI is InChI=1S/C17H22N2O/c20-17-10-14(15-8-4-5-9-16(15)19-17)12-18-11-13-6-2-1-3-7-13/h1-2,4-5,8-9,13-14,18H,3,6-7,10-12H2,(H,19,20)/t13-,14-/m1/s1. The Balaban J connectivity index is 1.57. The number of anilines is 1. The number of benzene rings is 1. The zero-order valence-electron chi connectivity index (χ0n) is 11.8. The summed E-state index contributed by atoms with van der Waals surface area (Å²) in [6.45, 7) is 1.95. The molecular formula is C17H22N2O. The van der Waals surface area contributed by atoms with Crippen molar-refractivity contribution < 1.29 is 4.79 Å². The molecule has 1 aliphatic heterocycles. The van der Waals surface area contributed by atoms with Crippen LogP contribution in [0.2, 0.25) is 0 Å². The maximum atomic E-state index is 11.8. The lowest BCUT2D eigenvalue weighted by molar-refractivity contribution is -0.116. The van der Waals surface area contributed by atoms with Crippen molar-refractivity contribution in [3.8, 4) is 0 Å². The van der Waals surface area contributed by atoms with Gasteiger partial charge in [-0.2, -0.15) is 0 Å². The van der Waals surface area contributed by atoms with Gasteiger partial charge in [0.2, 0.25) is 5.91 Å². The van der Waals surface area contributed by atoms with Gasteiger partial charge in [0.15, 0.2) is 0 Å². The van der Waals surface area contributed by atoms with Crippen molar-refractivity contribution in [3.05, 3.63) is 42.0 Å². The quantitative estimate of drug-likeness (QED) is 0.826. The summed E-state index contributed by atoms with van der Waals surface area (Å²) in [5, 5.41) is 6.53. The smallest absolute Gasteiger partial charge is 0.225 e. The van der Waals surface area contributed by atoms with Gasteiger partial charge < -0.3 is 10.6 Å². The van der Waals surface area contributed by atoms with E-state index in [9.17, 15) is 4.79 Å². The normalized spacial score (nSPS) is 25.1. The summed E-state index contributed by atoms with van der Waals surface area (Å²) in [4.78, 5) is 11.8. The van der Waals surface area contributed by atoms with E-state index < -0.39 is 0 Å². The van der Waals surface area contributed by atoms with E-state index in [2.05, 4.69) is 34.9 Å². The molecule has 1 aromatic rings. The van der Waals surface area contributed by atoms with Gasteiger partial charge >= 0.3 is 0 Å². The third-order valence-corrected chi connectivity index (χ3v) is 4.31. The summed E-state index contributed by atoms with van der Waals surface area (Å²) in [6, 6.07) is 8.15. The van der Waals surface area contributed by atoms with Crippen LogP contribution in [-0.4, -0.2) is 19.0 Å². The van der Waals surface area contributed by atoms with E-state index in [4.69, 9.17) is 0 Å². The summed E-state index contributed by atoms with van der Waals surface area (Å²) in [7, 11) is 0. The average Bonchev–Trinajstić information content (AvgIpc) is 2.48. The number of hydrogen-bond acceptors (Lipinski definition) is 2. The van der Waals surface area contributed by atoms with Gasteiger partial charge in [0.25, 0.3) is 0 Å². The predicted octanol–water partition coefficient (Wildman–Crippen LogP) is 3.06. The highest BCUT2D eigenvalue weighted by atomic mass is 16.1. The maximum absolute atomic E-state index is 11.8. The van der Waals surface area contributed by atoms with Gasteiger partial charge in [-0.15, -0.1) is 0 Å². The Bertz CT molecular complexity index is 509.